The molecule has 1 aromatic rings. The Hall–Kier alpha value is -0.470. The van der Waals surface area contributed by atoms with E-state index in [0.29, 0.717) is 16.6 Å². The molecule has 2 rings (SSSR count). The standard InChI is InChI=1S/C14H21BrN2O3S/c1-2-17-7-3-4-12(17)9-16-21(19,20)14-8-11(10-18)5-6-13(14)15/h5-6,8,12,16,18H,2-4,7,9-10H2,1H3. The molecule has 1 atom stereocenters. The predicted octanol–water partition coefficient (Wildman–Crippen LogP) is 1.70. The van der Waals surface area contributed by atoms with Gasteiger partial charge in [0.05, 0.1) is 11.5 Å². The zero-order chi connectivity index (χ0) is 15.5. The van der Waals surface area contributed by atoms with E-state index < -0.39 is 10.0 Å². The summed E-state index contributed by atoms with van der Waals surface area (Å²) in [5.41, 5.74) is 0.578. The molecular weight excluding hydrogens is 356 g/mol. The first-order chi connectivity index (χ1) is 9.97. The maximum absolute atomic E-state index is 12.4. The molecule has 1 fully saturated rings. The van der Waals surface area contributed by atoms with Gasteiger partial charge in [0.1, 0.15) is 0 Å². The Balaban J connectivity index is 2.11. The smallest absolute Gasteiger partial charge is 0.241 e. The number of benzene rings is 1. The summed E-state index contributed by atoms with van der Waals surface area (Å²) in [7, 11) is -3.58. The van der Waals surface area contributed by atoms with Crippen molar-refractivity contribution in [3.63, 3.8) is 0 Å². The number of hydrogen-bond acceptors (Lipinski definition) is 4. The van der Waals surface area contributed by atoms with Crippen molar-refractivity contribution >= 4 is 26.0 Å². The van der Waals surface area contributed by atoms with Crippen molar-refractivity contribution < 1.29 is 13.5 Å². The van der Waals surface area contributed by atoms with Gasteiger partial charge < -0.3 is 5.11 Å². The average molecular weight is 377 g/mol. The molecule has 21 heavy (non-hydrogen) atoms. The largest absolute Gasteiger partial charge is 0.392 e. The molecule has 1 heterocycles. The second-order valence-corrected chi connectivity index (χ2v) is 7.79. The molecular formula is C14H21BrN2O3S. The van der Waals surface area contributed by atoms with E-state index in [1.807, 2.05) is 0 Å². The molecule has 1 aliphatic rings. The van der Waals surface area contributed by atoms with Crippen LogP contribution in [0.5, 0.6) is 0 Å². The summed E-state index contributed by atoms with van der Waals surface area (Å²) in [6, 6.07) is 5.11. The van der Waals surface area contributed by atoms with E-state index in [1.54, 1.807) is 12.1 Å². The molecule has 5 nitrogen and oxygen atoms in total. The molecule has 0 radical (unpaired) electrons. The van der Waals surface area contributed by atoms with E-state index in [0.717, 1.165) is 25.9 Å². The van der Waals surface area contributed by atoms with Crippen LogP contribution in [0.4, 0.5) is 0 Å². The summed E-state index contributed by atoms with van der Waals surface area (Å²) >= 11 is 3.26. The lowest BCUT2D eigenvalue weighted by Crippen LogP contribution is -2.40. The predicted molar refractivity (Wildman–Crippen MR) is 85.5 cm³/mol. The molecule has 2 N–H and O–H groups in total. The number of nitrogens with one attached hydrogen (secondary N) is 1. The van der Waals surface area contributed by atoms with Crippen LogP contribution in [0, 0.1) is 0 Å². The fraction of sp³-hybridized carbons (Fsp3) is 0.571. The highest BCUT2D eigenvalue weighted by Gasteiger charge is 2.26. The van der Waals surface area contributed by atoms with E-state index in [4.69, 9.17) is 5.11 Å². The maximum Gasteiger partial charge on any atom is 0.241 e. The number of likely N-dealkylation sites (N-methyl/N-ethyl adjacent to an activating group) is 1. The third-order valence-electron chi connectivity index (χ3n) is 3.88. The molecule has 0 aromatic heterocycles. The number of likely N-dealkylation sites (tertiary alicyclic amines) is 1. The summed E-state index contributed by atoms with van der Waals surface area (Å²) < 4.78 is 28.1. The number of rotatable bonds is 6. The van der Waals surface area contributed by atoms with Gasteiger partial charge in [-0.1, -0.05) is 13.0 Å². The van der Waals surface area contributed by atoms with Crippen molar-refractivity contribution in [1.29, 1.82) is 0 Å². The molecule has 7 heteroatoms. The topological polar surface area (TPSA) is 69.6 Å². The van der Waals surface area contributed by atoms with Gasteiger partial charge in [-0.15, -0.1) is 0 Å². The Morgan fingerprint density at radius 2 is 2.24 bits per heavy atom. The first-order valence-electron chi connectivity index (χ1n) is 7.11. The van der Waals surface area contributed by atoms with Crippen molar-refractivity contribution in [2.24, 2.45) is 0 Å². The highest BCUT2D eigenvalue weighted by atomic mass is 79.9. The molecule has 0 amide bonds. The van der Waals surface area contributed by atoms with Crippen LogP contribution in [0.3, 0.4) is 0 Å². The fourth-order valence-electron chi connectivity index (χ4n) is 2.68. The van der Waals surface area contributed by atoms with E-state index in [-0.39, 0.29) is 17.5 Å². The van der Waals surface area contributed by atoms with Crippen LogP contribution < -0.4 is 4.72 Å². The highest BCUT2D eigenvalue weighted by molar-refractivity contribution is 9.10. The number of aliphatic hydroxyl groups excluding tert-OH is 1. The first-order valence-corrected chi connectivity index (χ1v) is 9.38. The number of sulfonamides is 1. The Kier molecular flexibility index (Phi) is 5.79. The molecule has 1 saturated heterocycles. The van der Waals surface area contributed by atoms with E-state index >= 15 is 0 Å². The number of nitrogens with zero attached hydrogens (tertiary/aromatic N) is 1. The van der Waals surface area contributed by atoms with Gasteiger partial charge in [0.15, 0.2) is 0 Å². The molecule has 0 spiro atoms. The molecule has 1 aliphatic heterocycles. The normalized spacial score (nSPS) is 20.0. The summed E-state index contributed by atoms with van der Waals surface area (Å²) in [4.78, 5) is 2.47. The summed E-state index contributed by atoms with van der Waals surface area (Å²) in [5.74, 6) is 0. The Morgan fingerprint density at radius 1 is 1.48 bits per heavy atom. The minimum absolute atomic E-state index is 0.176. The van der Waals surface area contributed by atoms with Crippen LogP contribution in [0.2, 0.25) is 0 Å². The lowest BCUT2D eigenvalue weighted by atomic mass is 10.2. The number of hydrogen-bond donors (Lipinski definition) is 2. The first kappa shape index (κ1) is 16.9. The number of halogens is 1. The molecule has 1 aromatic carbocycles. The van der Waals surface area contributed by atoms with E-state index in [2.05, 4.69) is 32.5 Å². The molecule has 1 unspecified atom stereocenters. The lowest BCUT2D eigenvalue weighted by molar-refractivity contribution is 0.268. The van der Waals surface area contributed by atoms with Crippen LogP contribution in [-0.2, 0) is 16.6 Å². The van der Waals surface area contributed by atoms with Crippen molar-refractivity contribution in [2.75, 3.05) is 19.6 Å². The molecule has 0 saturated carbocycles. The van der Waals surface area contributed by atoms with Gasteiger partial charge in [-0.3, -0.25) is 4.90 Å². The van der Waals surface area contributed by atoms with Gasteiger partial charge in [-0.05, 0) is 59.6 Å². The second-order valence-electron chi connectivity index (χ2n) is 5.20. The second kappa shape index (κ2) is 7.19. The third-order valence-corrected chi connectivity index (χ3v) is 6.30. The number of aliphatic hydroxyl groups is 1. The van der Waals surface area contributed by atoms with Gasteiger partial charge >= 0.3 is 0 Å². The van der Waals surface area contributed by atoms with Crippen molar-refractivity contribution in [3.8, 4) is 0 Å². The molecule has 0 aliphatic carbocycles. The Morgan fingerprint density at radius 3 is 2.90 bits per heavy atom. The highest BCUT2D eigenvalue weighted by Crippen LogP contribution is 2.24. The fourth-order valence-corrected chi connectivity index (χ4v) is 4.76. The van der Waals surface area contributed by atoms with Crippen molar-refractivity contribution in [3.05, 3.63) is 28.2 Å². The van der Waals surface area contributed by atoms with E-state index in [1.165, 1.54) is 6.07 Å². The van der Waals surface area contributed by atoms with Gasteiger partial charge in [0.25, 0.3) is 0 Å². The van der Waals surface area contributed by atoms with Gasteiger partial charge in [-0.25, -0.2) is 13.1 Å². The Labute approximate surface area is 134 Å². The monoisotopic (exact) mass is 376 g/mol. The summed E-state index contributed by atoms with van der Waals surface area (Å²) in [6.45, 7) is 4.31. The minimum Gasteiger partial charge on any atom is -0.392 e. The summed E-state index contributed by atoms with van der Waals surface area (Å²) in [6.07, 6.45) is 2.14. The quantitative estimate of drug-likeness (QED) is 0.792. The zero-order valence-corrected chi connectivity index (χ0v) is 14.5. The van der Waals surface area contributed by atoms with Crippen LogP contribution in [-0.4, -0.2) is 44.1 Å². The van der Waals surface area contributed by atoms with Crippen LogP contribution >= 0.6 is 15.9 Å². The van der Waals surface area contributed by atoms with Crippen LogP contribution in [0.25, 0.3) is 0 Å². The van der Waals surface area contributed by atoms with E-state index in [9.17, 15) is 8.42 Å². The zero-order valence-electron chi connectivity index (χ0n) is 12.0. The third kappa shape index (κ3) is 4.04. The van der Waals surface area contributed by atoms with Crippen molar-refractivity contribution in [2.45, 2.75) is 37.3 Å². The van der Waals surface area contributed by atoms with Gasteiger partial charge in [0, 0.05) is 17.1 Å². The van der Waals surface area contributed by atoms with Gasteiger partial charge in [-0.2, -0.15) is 0 Å². The molecule has 0 bridgehead atoms. The van der Waals surface area contributed by atoms with Crippen LogP contribution in [0.15, 0.2) is 27.6 Å². The van der Waals surface area contributed by atoms with Gasteiger partial charge in [0.2, 0.25) is 10.0 Å². The average Bonchev–Trinajstić information content (AvgIpc) is 2.93. The molecule has 118 valence electrons. The lowest BCUT2D eigenvalue weighted by Gasteiger charge is -2.23. The van der Waals surface area contributed by atoms with Crippen LogP contribution in [0.1, 0.15) is 25.3 Å². The summed E-state index contributed by atoms with van der Waals surface area (Å²) in [5, 5.41) is 9.15. The maximum atomic E-state index is 12.4. The minimum atomic E-state index is -3.58. The SMILES string of the molecule is CCN1CCCC1CNS(=O)(=O)c1cc(CO)ccc1Br. The Bertz CT molecular complexity index is 592. The van der Waals surface area contributed by atoms with Crippen molar-refractivity contribution in [1.82, 2.24) is 9.62 Å².